The summed E-state index contributed by atoms with van der Waals surface area (Å²) in [6.07, 6.45) is 7.50. The zero-order valence-electron chi connectivity index (χ0n) is 6.61. The molecule has 0 unspecified atom stereocenters. The van der Waals surface area contributed by atoms with Crippen molar-refractivity contribution in [3.05, 3.63) is 18.5 Å². The highest BCUT2D eigenvalue weighted by atomic mass is 32.1. The van der Waals surface area contributed by atoms with Crippen LogP contribution < -0.4 is 0 Å². The molecule has 0 aliphatic rings. The molecular weight excluding hydrogens is 156 g/mol. The van der Waals surface area contributed by atoms with Crippen molar-refractivity contribution in [2.45, 2.75) is 25.8 Å². The lowest BCUT2D eigenvalue weighted by atomic mass is 10.2. The van der Waals surface area contributed by atoms with Gasteiger partial charge in [0, 0.05) is 18.9 Å². The SMILES string of the molecule is SCCCCCn1cccn1. The van der Waals surface area contributed by atoms with E-state index in [2.05, 4.69) is 17.7 Å². The van der Waals surface area contributed by atoms with Crippen molar-refractivity contribution in [2.24, 2.45) is 0 Å². The van der Waals surface area contributed by atoms with Crippen LogP contribution in [0.5, 0.6) is 0 Å². The molecule has 62 valence electrons. The highest BCUT2D eigenvalue weighted by molar-refractivity contribution is 7.80. The lowest BCUT2D eigenvalue weighted by Gasteiger charge is -1.99. The number of unbranched alkanes of at least 4 members (excludes halogenated alkanes) is 2. The Morgan fingerprint density at radius 1 is 1.27 bits per heavy atom. The predicted molar refractivity (Wildman–Crippen MR) is 49.9 cm³/mol. The second-order valence-electron chi connectivity index (χ2n) is 2.55. The Bertz CT molecular complexity index is 172. The van der Waals surface area contributed by atoms with Crippen LogP contribution in [-0.4, -0.2) is 15.5 Å². The fraction of sp³-hybridized carbons (Fsp3) is 0.625. The molecule has 1 heterocycles. The van der Waals surface area contributed by atoms with E-state index in [1.165, 1.54) is 19.3 Å². The van der Waals surface area contributed by atoms with Crippen LogP contribution >= 0.6 is 12.6 Å². The van der Waals surface area contributed by atoms with Crippen LogP contribution in [0.2, 0.25) is 0 Å². The number of rotatable bonds is 5. The van der Waals surface area contributed by atoms with Crippen LogP contribution in [0, 0.1) is 0 Å². The Morgan fingerprint density at radius 2 is 2.18 bits per heavy atom. The maximum Gasteiger partial charge on any atom is 0.0489 e. The van der Waals surface area contributed by atoms with Gasteiger partial charge < -0.3 is 0 Å². The van der Waals surface area contributed by atoms with Crippen molar-refractivity contribution >= 4 is 12.6 Å². The molecule has 1 rings (SSSR count). The van der Waals surface area contributed by atoms with Crippen LogP contribution in [0.1, 0.15) is 19.3 Å². The fourth-order valence-electron chi connectivity index (χ4n) is 0.995. The van der Waals surface area contributed by atoms with Gasteiger partial charge in [0.2, 0.25) is 0 Å². The third-order valence-electron chi connectivity index (χ3n) is 1.60. The van der Waals surface area contributed by atoms with E-state index in [0.717, 1.165) is 12.3 Å². The summed E-state index contributed by atoms with van der Waals surface area (Å²) in [4.78, 5) is 0. The van der Waals surface area contributed by atoms with Gasteiger partial charge >= 0.3 is 0 Å². The normalized spacial score (nSPS) is 10.3. The summed E-state index contributed by atoms with van der Waals surface area (Å²) < 4.78 is 1.97. The molecule has 2 nitrogen and oxygen atoms in total. The molecule has 3 heteroatoms. The lowest BCUT2D eigenvalue weighted by Crippen LogP contribution is -1.97. The molecule has 0 bridgehead atoms. The first-order valence-corrected chi connectivity index (χ1v) is 4.65. The molecule has 1 aromatic heterocycles. The Kier molecular flexibility index (Phi) is 4.12. The maximum atomic E-state index is 4.15. The summed E-state index contributed by atoms with van der Waals surface area (Å²) in [6, 6.07) is 1.96. The van der Waals surface area contributed by atoms with E-state index in [9.17, 15) is 0 Å². The molecule has 0 fully saturated rings. The quantitative estimate of drug-likeness (QED) is 0.528. The van der Waals surface area contributed by atoms with Crippen molar-refractivity contribution in [2.75, 3.05) is 5.75 Å². The number of nitrogens with zero attached hydrogens (tertiary/aromatic N) is 2. The van der Waals surface area contributed by atoms with Crippen molar-refractivity contribution in [1.82, 2.24) is 9.78 Å². The minimum absolute atomic E-state index is 0.999. The van der Waals surface area contributed by atoms with E-state index in [0.29, 0.717) is 0 Å². The number of thiol groups is 1. The van der Waals surface area contributed by atoms with E-state index in [1.807, 2.05) is 23.1 Å². The summed E-state index contributed by atoms with van der Waals surface area (Å²) in [7, 11) is 0. The van der Waals surface area contributed by atoms with E-state index in [-0.39, 0.29) is 0 Å². The van der Waals surface area contributed by atoms with Crippen LogP contribution in [0.25, 0.3) is 0 Å². The van der Waals surface area contributed by atoms with Gasteiger partial charge in [-0.05, 0) is 24.7 Å². The second kappa shape index (κ2) is 5.24. The molecule has 11 heavy (non-hydrogen) atoms. The topological polar surface area (TPSA) is 17.8 Å². The van der Waals surface area contributed by atoms with Crippen LogP contribution in [-0.2, 0) is 6.54 Å². The van der Waals surface area contributed by atoms with Crippen LogP contribution in [0.15, 0.2) is 18.5 Å². The molecule has 0 aliphatic heterocycles. The van der Waals surface area contributed by atoms with Gasteiger partial charge in [-0.15, -0.1) is 0 Å². The Morgan fingerprint density at radius 3 is 2.82 bits per heavy atom. The van der Waals surface area contributed by atoms with Crippen LogP contribution in [0.4, 0.5) is 0 Å². The Labute approximate surface area is 73.0 Å². The number of hydrogen-bond acceptors (Lipinski definition) is 2. The summed E-state index contributed by atoms with van der Waals surface area (Å²) in [6.45, 7) is 1.04. The first-order valence-electron chi connectivity index (χ1n) is 4.02. The summed E-state index contributed by atoms with van der Waals surface area (Å²) in [5, 5.41) is 4.11. The number of aromatic nitrogens is 2. The highest BCUT2D eigenvalue weighted by Gasteiger charge is 1.89. The molecule has 0 radical (unpaired) electrons. The first-order chi connectivity index (χ1) is 5.43. The van der Waals surface area contributed by atoms with Gasteiger partial charge in [-0.3, -0.25) is 4.68 Å². The third kappa shape index (κ3) is 3.46. The molecular formula is C8H14N2S. The molecule has 0 saturated heterocycles. The van der Waals surface area contributed by atoms with Gasteiger partial charge in [0.15, 0.2) is 0 Å². The average molecular weight is 170 g/mol. The largest absolute Gasteiger partial charge is 0.273 e. The van der Waals surface area contributed by atoms with Gasteiger partial charge in [-0.25, -0.2) is 0 Å². The Hall–Kier alpha value is -0.440. The van der Waals surface area contributed by atoms with Gasteiger partial charge in [-0.2, -0.15) is 17.7 Å². The van der Waals surface area contributed by atoms with Crippen molar-refractivity contribution < 1.29 is 0 Å². The first kappa shape index (κ1) is 8.65. The zero-order valence-corrected chi connectivity index (χ0v) is 7.50. The highest BCUT2D eigenvalue weighted by Crippen LogP contribution is 1.98. The minimum Gasteiger partial charge on any atom is -0.273 e. The molecule has 0 aliphatic carbocycles. The van der Waals surface area contributed by atoms with Crippen LogP contribution in [0.3, 0.4) is 0 Å². The maximum absolute atomic E-state index is 4.15. The molecule has 0 saturated carbocycles. The fourth-order valence-corrected chi connectivity index (χ4v) is 1.22. The summed E-state index contributed by atoms with van der Waals surface area (Å²) in [5.41, 5.74) is 0. The monoisotopic (exact) mass is 170 g/mol. The molecule has 0 atom stereocenters. The van der Waals surface area contributed by atoms with Gasteiger partial charge in [0.05, 0.1) is 0 Å². The van der Waals surface area contributed by atoms with Crippen molar-refractivity contribution in [3.63, 3.8) is 0 Å². The van der Waals surface area contributed by atoms with Gasteiger partial charge in [-0.1, -0.05) is 6.42 Å². The van der Waals surface area contributed by atoms with Gasteiger partial charge in [0.25, 0.3) is 0 Å². The van der Waals surface area contributed by atoms with Gasteiger partial charge in [0.1, 0.15) is 0 Å². The number of hydrogen-bond donors (Lipinski definition) is 1. The smallest absolute Gasteiger partial charge is 0.0489 e. The predicted octanol–water partition coefficient (Wildman–Crippen LogP) is 1.98. The summed E-state index contributed by atoms with van der Waals surface area (Å²) >= 11 is 4.15. The molecule has 1 aromatic rings. The number of aryl methyl sites for hydroxylation is 1. The molecule has 0 aromatic carbocycles. The van der Waals surface area contributed by atoms with Crippen molar-refractivity contribution in [3.8, 4) is 0 Å². The molecule has 0 spiro atoms. The van der Waals surface area contributed by atoms with E-state index < -0.39 is 0 Å². The molecule has 0 amide bonds. The minimum atomic E-state index is 0.999. The van der Waals surface area contributed by atoms with E-state index in [4.69, 9.17) is 0 Å². The standard InChI is InChI=1S/C8H14N2S/c11-8-3-1-2-6-10-7-4-5-9-10/h4-5,7,11H,1-3,6,8H2. The van der Waals surface area contributed by atoms with Crippen molar-refractivity contribution in [1.29, 1.82) is 0 Å². The lowest BCUT2D eigenvalue weighted by molar-refractivity contribution is 0.555. The third-order valence-corrected chi connectivity index (χ3v) is 1.92. The van der Waals surface area contributed by atoms with E-state index in [1.54, 1.807) is 0 Å². The van der Waals surface area contributed by atoms with E-state index >= 15 is 0 Å². The Balaban J connectivity index is 2.04. The zero-order chi connectivity index (χ0) is 7.94. The molecule has 0 N–H and O–H groups in total. The summed E-state index contributed by atoms with van der Waals surface area (Å²) in [5.74, 6) is 0.999. The second-order valence-corrected chi connectivity index (χ2v) is 3.00. The average Bonchev–Trinajstić information content (AvgIpc) is 2.50.